The van der Waals surface area contributed by atoms with Crippen LogP contribution in [0.15, 0.2) is 51.8 Å². The minimum atomic E-state index is -3.67. The summed E-state index contributed by atoms with van der Waals surface area (Å²) in [4.78, 5) is 12.6. The first-order valence-corrected chi connectivity index (χ1v) is 11.8. The van der Waals surface area contributed by atoms with E-state index in [9.17, 15) is 22.0 Å². The summed E-state index contributed by atoms with van der Waals surface area (Å²) < 4.78 is 59.6. The average Bonchev–Trinajstić information content (AvgIpc) is 3.21. The van der Waals surface area contributed by atoms with Crippen LogP contribution in [0.4, 0.5) is 14.8 Å². The Morgan fingerprint density at radius 2 is 1.73 bits per heavy atom. The van der Waals surface area contributed by atoms with Crippen LogP contribution in [0.2, 0.25) is 0 Å². The number of benzene rings is 2. The van der Waals surface area contributed by atoms with Crippen LogP contribution in [0.1, 0.15) is 30.6 Å². The molecule has 2 atom stereocenters. The molecule has 8 nitrogen and oxygen atoms in total. The van der Waals surface area contributed by atoms with Crippen LogP contribution >= 0.6 is 0 Å². The normalized spacial score (nSPS) is 19.4. The minimum Gasteiger partial charge on any atom is -0.403 e. The van der Waals surface area contributed by atoms with Crippen molar-refractivity contribution in [2.45, 2.75) is 25.2 Å². The summed E-state index contributed by atoms with van der Waals surface area (Å²) >= 11 is 0. The highest BCUT2D eigenvalue weighted by Crippen LogP contribution is 2.27. The molecule has 1 aliphatic rings. The van der Waals surface area contributed by atoms with Gasteiger partial charge in [-0.25, -0.2) is 17.2 Å². The monoisotopic (exact) mass is 476 g/mol. The zero-order valence-electron chi connectivity index (χ0n) is 18.0. The molecule has 0 bridgehead atoms. The number of carbonyl (C=O) groups excluding carboxylic acids is 1. The van der Waals surface area contributed by atoms with Gasteiger partial charge in [0.05, 0.1) is 10.5 Å². The van der Waals surface area contributed by atoms with Crippen molar-refractivity contribution in [2.75, 3.05) is 18.4 Å². The van der Waals surface area contributed by atoms with Crippen LogP contribution in [-0.4, -0.2) is 41.9 Å². The van der Waals surface area contributed by atoms with Gasteiger partial charge in [-0.15, -0.1) is 5.10 Å². The lowest BCUT2D eigenvalue weighted by Crippen LogP contribution is -2.42. The molecule has 1 amide bonds. The van der Waals surface area contributed by atoms with Crippen molar-refractivity contribution in [1.82, 2.24) is 14.5 Å². The Kier molecular flexibility index (Phi) is 6.26. The Balaban J connectivity index is 1.46. The fourth-order valence-electron chi connectivity index (χ4n) is 3.94. The van der Waals surface area contributed by atoms with Gasteiger partial charge in [0.25, 0.3) is 11.8 Å². The molecule has 1 saturated heterocycles. The molecule has 1 aromatic heterocycles. The molecule has 33 heavy (non-hydrogen) atoms. The van der Waals surface area contributed by atoms with Gasteiger partial charge in [-0.05, 0) is 54.7 Å². The van der Waals surface area contributed by atoms with E-state index < -0.39 is 27.6 Å². The standard InChI is InChI=1S/C22H22F2N4O4S/c1-13-9-14(2)12-28(11-13)33(30,31)17-6-3-15(4-7-17)20(29)25-22-27-26-21(32-22)18-8-5-16(23)10-19(18)24/h3-8,10,13-14H,9,11-12H2,1-2H3,(H,25,27,29)/t13-,14+. The average molecular weight is 477 g/mol. The third kappa shape index (κ3) is 4.93. The molecule has 1 aliphatic heterocycles. The predicted octanol–water partition coefficient (Wildman–Crippen LogP) is 3.93. The molecule has 2 heterocycles. The molecule has 3 aromatic rings. The third-order valence-corrected chi connectivity index (χ3v) is 7.24. The molecule has 11 heteroatoms. The summed E-state index contributed by atoms with van der Waals surface area (Å²) in [5.41, 5.74) is 0.0577. The maximum atomic E-state index is 13.9. The number of nitrogens with zero attached hydrogens (tertiary/aromatic N) is 3. The Morgan fingerprint density at radius 1 is 1.06 bits per heavy atom. The molecule has 1 N–H and O–H groups in total. The van der Waals surface area contributed by atoms with E-state index in [1.54, 1.807) is 0 Å². The third-order valence-electron chi connectivity index (χ3n) is 5.40. The summed E-state index contributed by atoms with van der Waals surface area (Å²) in [5, 5.41) is 9.67. The number of amides is 1. The fourth-order valence-corrected chi connectivity index (χ4v) is 5.62. The Labute approximate surface area is 189 Å². The molecule has 2 aromatic carbocycles. The molecule has 0 saturated carbocycles. The molecule has 1 fully saturated rings. The number of anilines is 1. The van der Waals surface area contributed by atoms with Crippen LogP contribution in [-0.2, 0) is 10.0 Å². The highest BCUT2D eigenvalue weighted by molar-refractivity contribution is 7.89. The predicted molar refractivity (Wildman–Crippen MR) is 116 cm³/mol. The molecule has 0 unspecified atom stereocenters. The lowest BCUT2D eigenvalue weighted by Gasteiger charge is -2.34. The summed E-state index contributed by atoms with van der Waals surface area (Å²) in [6.45, 7) is 4.98. The van der Waals surface area contributed by atoms with E-state index >= 15 is 0 Å². The first-order chi connectivity index (χ1) is 15.6. The number of aromatic nitrogens is 2. The van der Waals surface area contributed by atoms with E-state index in [0.717, 1.165) is 18.6 Å². The zero-order valence-corrected chi connectivity index (χ0v) is 18.8. The first kappa shape index (κ1) is 23.0. The second kappa shape index (κ2) is 8.99. The summed E-state index contributed by atoms with van der Waals surface area (Å²) in [6.07, 6.45) is 0.982. The lowest BCUT2D eigenvalue weighted by atomic mass is 9.94. The maximum Gasteiger partial charge on any atom is 0.322 e. The van der Waals surface area contributed by atoms with E-state index in [1.165, 1.54) is 28.6 Å². The molecule has 174 valence electrons. The van der Waals surface area contributed by atoms with Crippen LogP contribution < -0.4 is 5.32 Å². The number of carbonyl (C=O) groups is 1. The van der Waals surface area contributed by atoms with E-state index in [-0.39, 0.29) is 39.8 Å². The van der Waals surface area contributed by atoms with Gasteiger partial charge in [-0.1, -0.05) is 18.9 Å². The molecular weight excluding hydrogens is 454 g/mol. The van der Waals surface area contributed by atoms with Gasteiger partial charge >= 0.3 is 6.01 Å². The minimum absolute atomic E-state index is 0.104. The number of hydrogen-bond donors (Lipinski definition) is 1. The number of rotatable bonds is 5. The van der Waals surface area contributed by atoms with Gasteiger partial charge in [-0.2, -0.15) is 4.31 Å². The van der Waals surface area contributed by atoms with Gasteiger partial charge in [0, 0.05) is 24.7 Å². The maximum absolute atomic E-state index is 13.9. The van der Waals surface area contributed by atoms with Crippen LogP contribution in [0.25, 0.3) is 11.5 Å². The zero-order chi connectivity index (χ0) is 23.8. The second-order valence-electron chi connectivity index (χ2n) is 8.28. The largest absolute Gasteiger partial charge is 0.403 e. The van der Waals surface area contributed by atoms with Gasteiger partial charge in [0.2, 0.25) is 10.0 Å². The van der Waals surface area contributed by atoms with E-state index in [0.29, 0.717) is 19.2 Å². The van der Waals surface area contributed by atoms with E-state index in [1.807, 2.05) is 13.8 Å². The lowest BCUT2D eigenvalue weighted by molar-refractivity contribution is 0.102. The van der Waals surface area contributed by atoms with Crippen molar-refractivity contribution in [3.8, 4) is 11.5 Å². The highest BCUT2D eigenvalue weighted by Gasteiger charge is 2.31. The molecule has 0 spiro atoms. The van der Waals surface area contributed by atoms with E-state index in [4.69, 9.17) is 4.42 Å². The number of hydrogen-bond acceptors (Lipinski definition) is 6. The SMILES string of the molecule is C[C@@H]1C[C@H](C)CN(S(=O)(=O)c2ccc(C(=O)Nc3nnc(-c4ccc(F)cc4F)o3)cc2)C1. The summed E-state index contributed by atoms with van der Waals surface area (Å²) in [6, 6.07) is 8.11. The number of sulfonamides is 1. The van der Waals surface area contributed by atoms with E-state index in [2.05, 4.69) is 15.5 Å². The van der Waals surface area contributed by atoms with Crippen molar-refractivity contribution in [1.29, 1.82) is 0 Å². The second-order valence-corrected chi connectivity index (χ2v) is 10.2. The van der Waals surface area contributed by atoms with Gasteiger partial charge in [-0.3, -0.25) is 10.1 Å². The van der Waals surface area contributed by atoms with Crippen LogP contribution in [0.3, 0.4) is 0 Å². The summed E-state index contributed by atoms with van der Waals surface area (Å²) in [5.74, 6) is -1.93. The first-order valence-electron chi connectivity index (χ1n) is 10.3. The number of halogens is 2. The topological polar surface area (TPSA) is 105 Å². The highest BCUT2D eigenvalue weighted by atomic mass is 32.2. The Bertz CT molecular complexity index is 1270. The molecule has 4 rings (SSSR count). The molecular formula is C22H22F2N4O4S. The Hall–Kier alpha value is -3.18. The molecule has 0 radical (unpaired) electrons. The van der Waals surface area contributed by atoms with Crippen molar-refractivity contribution in [2.24, 2.45) is 11.8 Å². The fraction of sp³-hybridized carbons (Fsp3) is 0.318. The molecule has 0 aliphatic carbocycles. The van der Waals surface area contributed by atoms with Gasteiger partial charge in [0.15, 0.2) is 0 Å². The van der Waals surface area contributed by atoms with Crippen LogP contribution in [0.5, 0.6) is 0 Å². The van der Waals surface area contributed by atoms with Crippen molar-refractivity contribution < 1.29 is 26.4 Å². The quantitative estimate of drug-likeness (QED) is 0.598. The number of nitrogens with one attached hydrogen (secondary N) is 1. The van der Waals surface area contributed by atoms with Crippen molar-refractivity contribution >= 4 is 21.9 Å². The van der Waals surface area contributed by atoms with Crippen LogP contribution in [0, 0.1) is 23.5 Å². The van der Waals surface area contributed by atoms with Crippen molar-refractivity contribution in [3.63, 3.8) is 0 Å². The van der Waals surface area contributed by atoms with Gasteiger partial charge in [0.1, 0.15) is 11.6 Å². The van der Waals surface area contributed by atoms with Crippen molar-refractivity contribution in [3.05, 3.63) is 59.7 Å². The number of piperidine rings is 1. The van der Waals surface area contributed by atoms with Gasteiger partial charge < -0.3 is 4.42 Å². The Morgan fingerprint density at radius 3 is 2.36 bits per heavy atom. The smallest absolute Gasteiger partial charge is 0.322 e. The summed E-state index contributed by atoms with van der Waals surface area (Å²) in [7, 11) is -3.67.